The maximum Gasteiger partial charge on any atom is 0.179 e. The lowest BCUT2D eigenvalue weighted by atomic mass is 10.1. The average Bonchev–Trinajstić information content (AvgIpc) is 2.10. The molecule has 0 aromatic heterocycles. The van der Waals surface area contributed by atoms with Gasteiger partial charge in [-0.25, -0.2) is 8.78 Å². The van der Waals surface area contributed by atoms with Gasteiger partial charge in [0.05, 0.1) is 12.1 Å². The number of carbonyl (C=O) groups excluding carboxylic acids is 1. The fourth-order valence-corrected chi connectivity index (χ4v) is 0.975. The van der Waals surface area contributed by atoms with E-state index in [4.69, 9.17) is 0 Å². The van der Waals surface area contributed by atoms with E-state index >= 15 is 0 Å². The molecule has 0 aliphatic rings. The molecule has 0 unspecified atom stereocenters. The normalized spacial score (nSPS) is 10.1. The minimum absolute atomic E-state index is 0.000370. The highest BCUT2D eigenvalue weighted by molar-refractivity contribution is 5.97. The molecule has 0 fully saturated rings. The highest BCUT2D eigenvalue weighted by atomic mass is 19.2. The molecule has 0 heterocycles. The molecule has 0 aliphatic heterocycles. The molecule has 1 N–H and O–H groups in total. The minimum atomic E-state index is -1.08. The number of halogens is 2. The maximum absolute atomic E-state index is 13.0. The zero-order valence-electron chi connectivity index (χ0n) is 7.10. The lowest BCUT2D eigenvalue weighted by Gasteiger charge is -2.01. The summed E-state index contributed by atoms with van der Waals surface area (Å²) in [5.41, 5.74) is -0.214. The molecule has 70 valence electrons. The molecule has 1 aromatic rings. The predicted molar refractivity (Wildman–Crippen MR) is 44.6 cm³/mol. The summed E-state index contributed by atoms with van der Waals surface area (Å²) in [6.45, 7) is 0.000370. The van der Waals surface area contributed by atoms with Crippen molar-refractivity contribution < 1.29 is 13.6 Å². The van der Waals surface area contributed by atoms with Crippen LogP contribution in [-0.2, 0) is 0 Å². The number of ketones is 1. The van der Waals surface area contributed by atoms with E-state index in [0.29, 0.717) is 0 Å². The van der Waals surface area contributed by atoms with Gasteiger partial charge in [0.2, 0.25) is 0 Å². The van der Waals surface area contributed by atoms with Gasteiger partial charge in [-0.3, -0.25) is 4.79 Å². The van der Waals surface area contributed by atoms with Crippen LogP contribution in [0.1, 0.15) is 10.4 Å². The van der Waals surface area contributed by atoms with Crippen molar-refractivity contribution in [3.05, 3.63) is 35.4 Å². The summed E-state index contributed by atoms with van der Waals surface area (Å²) in [6.07, 6.45) is 0. The first-order valence-electron chi connectivity index (χ1n) is 3.78. The van der Waals surface area contributed by atoms with Gasteiger partial charge in [0, 0.05) is 0 Å². The molecule has 0 amide bonds. The SMILES string of the molecule is CNCC(=O)c1cccc(F)c1F. The quantitative estimate of drug-likeness (QED) is 0.720. The lowest BCUT2D eigenvalue weighted by molar-refractivity contribution is 0.0988. The molecule has 0 radical (unpaired) electrons. The standard InChI is InChI=1S/C9H9F2NO/c1-12-5-8(13)6-3-2-4-7(10)9(6)11/h2-4,12H,5H2,1H3. The first kappa shape index (κ1) is 9.80. The van der Waals surface area contributed by atoms with E-state index in [1.165, 1.54) is 12.1 Å². The average molecular weight is 185 g/mol. The molecule has 13 heavy (non-hydrogen) atoms. The van der Waals surface area contributed by atoms with Crippen LogP contribution in [-0.4, -0.2) is 19.4 Å². The van der Waals surface area contributed by atoms with Crippen LogP contribution in [0, 0.1) is 11.6 Å². The van der Waals surface area contributed by atoms with E-state index in [9.17, 15) is 13.6 Å². The van der Waals surface area contributed by atoms with Crippen LogP contribution in [0.15, 0.2) is 18.2 Å². The third-order valence-electron chi connectivity index (χ3n) is 1.59. The first-order valence-corrected chi connectivity index (χ1v) is 3.78. The number of benzene rings is 1. The fraction of sp³-hybridized carbons (Fsp3) is 0.222. The van der Waals surface area contributed by atoms with Crippen molar-refractivity contribution >= 4 is 5.78 Å². The van der Waals surface area contributed by atoms with E-state index in [0.717, 1.165) is 6.07 Å². The molecule has 0 atom stereocenters. The Morgan fingerprint density at radius 3 is 2.77 bits per heavy atom. The molecule has 1 rings (SSSR count). The van der Waals surface area contributed by atoms with Crippen LogP contribution >= 0.6 is 0 Å². The Morgan fingerprint density at radius 2 is 2.15 bits per heavy atom. The topological polar surface area (TPSA) is 29.1 Å². The van der Waals surface area contributed by atoms with Crippen LogP contribution in [0.4, 0.5) is 8.78 Å². The van der Waals surface area contributed by atoms with Gasteiger partial charge in [-0.1, -0.05) is 6.07 Å². The van der Waals surface area contributed by atoms with Crippen molar-refractivity contribution in [2.75, 3.05) is 13.6 Å². The molecule has 0 saturated heterocycles. The van der Waals surface area contributed by atoms with E-state index in [2.05, 4.69) is 5.32 Å². The second kappa shape index (κ2) is 4.09. The van der Waals surface area contributed by atoms with Crippen molar-refractivity contribution in [3.63, 3.8) is 0 Å². The van der Waals surface area contributed by atoms with E-state index < -0.39 is 17.4 Å². The molecule has 4 heteroatoms. The van der Waals surface area contributed by atoms with Crippen molar-refractivity contribution in [2.45, 2.75) is 0 Å². The van der Waals surface area contributed by atoms with Crippen molar-refractivity contribution in [2.24, 2.45) is 0 Å². The summed E-state index contributed by atoms with van der Waals surface area (Å²) in [4.78, 5) is 11.1. The number of carbonyl (C=O) groups is 1. The summed E-state index contributed by atoms with van der Waals surface area (Å²) >= 11 is 0. The third-order valence-corrected chi connectivity index (χ3v) is 1.59. The van der Waals surface area contributed by atoms with Gasteiger partial charge in [-0.15, -0.1) is 0 Å². The molecular formula is C9H9F2NO. The number of rotatable bonds is 3. The summed E-state index contributed by atoms with van der Waals surface area (Å²) in [7, 11) is 1.56. The fourth-order valence-electron chi connectivity index (χ4n) is 0.975. The number of Topliss-reactive ketones (excluding diaryl/α,β-unsaturated/α-hetero) is 1. The molecule has 2 nitrogen and oxygen atoms in total. The van der Waals surface area contributed by atoms with Crippen LogP contribution < -0.4 is 5.32 Å². The predicted octanol–water partition coefficient (Wildman–Crippen LogP) is 1.37. The van der Waals surface area contributed by atoms with E-state index in [1.807, 2.05) is 0 Å². The highest BCUT2D eigenvalue weighted by Crippen LogP contribution is 2.11. The van der Waals surface area contributed by atoms with Crippen molar-refractivity contribution in [1.29, 1.82) is 0 Å². The van der Waals surface area contributed by atoms with Gasteiger partial charge < -0.3 is 5.32 Å². The third kappa shape index (κ3) is 2.09. The number of hydrogen-bond acceptors (Lipinski definition) is 2. The van der Waals surface area contributed by atoms with Gasteiger partial charge in [-0.2, -0.15) is 0 Å². The molecule has 0 spiro atoms. The molecular weight excluding hydrogens is 176 g/mol. The Labute approximate surface area is 74.6 Å². The van der Waals surface area contributed by atoms with Gasteiger partial charge in [0.25, 0.3) is 0 Å². The second-order valence-electron chi connectivity index (χ2n) is 2.55. The number of nitrogens with one attached hydrogen (secondary N) is 1. The summed E-state index contributed by atoms with van der Waals surface area (Å²) in [5.74, 6) is -2.54. The van der Waals surface area contributed by atoms with Crippen LogP contribution in [0.5, 0.6) is 0 Å². The minimum Gasteiger partial charge on any atom is -0.313 e. The van der Waals surface area contributed by atoms with Crippen LogP contribution in [0.3, 0.4) is 0 Å². The van der Waals surface area contributed by atoms with E-state index in [-0.39, 0.29) is 12.1 Å². The smallest absolute Gasteiger partial charge is 0.179 e. The van der Waals surface area contributed by atoms with Gasteiger partial charge in [-0.05, 0) is 19.2 Å². The summed E-state index contributed by atoms with van der Waals surface area (Å²) in [5, 5.41) is 2.57. The van der Waals surface area contributed by atoms with Gasteiger partial charge in [0.1, 0.15) is 0 Å². The number of likely N-dealkylation sites (N-methyl/N-ethyl adjacent to an activating group) is 1. The Hall–Kier alpha value is -1.29. The Bertz CT molecular complexity index is 325. The summed E-state index contributed by atoms with van der Waals surface area (Å²) < 4.78 is 25.6. The Balaban J connectivity index is 3.01. The van der Waals surface area contributed by atoms with Crippen LogP contribution in [0.25, 0.3) is 0 Å². The van der Waals surface area contributed by atoms with Crippen molar-refractivity contribution in [1.82, 2.24) is 5.32 Å². The zero-order valence-corrected chi connectivity index (χ0v) is 7.10. The molecule has 0 aliphatic carbocycles. The molecule has 1 aromatic carbocycles. The van der Waals surface area contributed by atoms with Gasteiger partial charge >= 0.3 is 0 Å². The lowest BCUT2D eigenvalue weighted by Crippen LogP contribution is -2.19. The highest BCUT2D eigenvalue weighted by Gasteiger charge is 2.13. The van der Waals surface area contributed by atoms with Gasteiger partial charge in [0.15, 0.2) is 17.4 Å². The van der Waals surface area contributed by atoms with Crippen LogP contribution in [0.2, 0.25) is 0 Å². The molecule has 0 saturated carbocycles. The second-order valence-corrected chi connectivity index (χ2v) is 2.55. The maximum atomic E-state index is 13.0. The Morgan fingerprint density at radius 1 is 1.46 bits per heavy atom. The molecule has 0 bridgehead atoms. The zero-order chi connectivity index (χ0) is 9.84. The Kier molecular flexibility index (Phi) is 3.08. The summed E-state index contributed by atoms with van der Waals surface area (Å²) in [6, 6.07) is 3.55. The largest absolute Gasteiger partial charge is 0.313 e. The van der Waals surface area contributed by atoms with E-state index in [1.54, 1.807) is 7.05 Å². The monoisotopic (exact) mass is 185 g/mol. The number of hydrogen-bond donors (Lipinski definition) is 1. The van der Waals surface area contributed by atoms with Crippen molar-refractivity contribution in [3.8, 4) is 0 Å². The first-order chi connectivity index (χ1) is 6.16.